The fourth-order valence-electron chi connectivity index (χ4n) is 1.68. The standard InChI is InChI=1S/C14H23N3O3S.ClH/c1-10(2)17-21(19,20)13-6-4-12(5-7-13)14(18)16-9-8-11(3)15;/h4-7,10-11,17H,8-9,15H2,1-3H3,(H,16,18);1H. The molecule has 4 N–H and O–H groups in total. The van der Waals surface area contributed by atoms with Crippen molar-refractivity contribution in [3.8, 4) is 0 Å². The number of hydrogen-bond donors (Lipinski definition) is 3. The normalized spacial score (nSPS) is 12.6. The Hall–Kier alpha value is -1.15. The Kier molecular flexibility index (Phi) is 8.62. The highest BCUT2D eigenvalue weighted by Crippen LogP contribution is 2.11. The van der Waals surface area contributed by atoms with Crippen LogP contribution in [0.3, 0.4) is 0 Å². The molecule has 0 saturated carbocycles. The number of benzene rings is 1. The summed E-state index contributed by atoms with van der Waals surface area (Å²) in [5.74, 6) is -0.239. The molecule has 1 atom stereocenters. The van der Waals surface area contributed by atoms with Gasteiger partial charge in [-0.05, 0) is 51.5 Å². The molecule has 6 nitrogen and oxygen atoms in total. The fourth-order valence-corrected chi connectivity index (χ4v) is 2.93. The quantitative estimate of drug-likeness (QED) is 0.689. The summed E-state index contributed by atoms with van der Waals surface area (Å²) in [6, 6.07) is 5.68. The summed E-state index contributed by atoms with van der Waals surface area (Å²) >= 11 is 0. The van der Waals surface area contributed by atoms with E-state index in [1.807, 2.05) is 6.92 Å². The summed E-state index contributed by atoms with van der Waals surface area (Å²) in [7, 11) is -3.53. The van der Waals surface area contributed by atoms with E-state index in [-0.39, 0.29) is 35.3 Å². The third-order valence-corrected chi connectivity index (χ3v) is 4.38. The molecule has 0 radical (unpaired) electrons. The molecular formula is C14H24ClN3O3S. The number of carbonyl (C=O) groups is 1. The molecule has 0 aromatic heterocycles. The van der Waals surface area contributed by atoms with Gasteiger partial charge in [0.05, 0.1) is 4.90 Å². The third-order valence-electron chi connectivity index (χ3n) is 2.70. The number of amides is 1. The maximum atomic E-state index is 11.9. The lowest BCUT2D eigenvalue weighted by molar-refractivity contribution is 0.0952. The fraction of sp³-hybridized carbons (Fsp3) is 0.500. The Labute approximate surface area is 138 Å². The zero-order chi connectivity index (χ0) is 16.0. The minimum atomic E-state index is -3.53. The van der Waals surface area contributed by atoms with Gasteiger partial charge in [-0.3, -0.25) is 4.79 Å². The lowest BCUT2D eigenvalue weighted by Crippen LogP contribution is -2.30. The molecular weight excluding hydrogens is 326 g/mol. The summed E-state index contributed by atoms with van der Waals surface area (Å²) in [6.07, 6.45) is 0.691. The molecule has 1 amide bonds. The first-order valence-corrected chi connectivity index (χ1v) is 8.37. The van der Waals surface area contributed by atoms with E-state index in [9.17, 15) is 13.2 Å². The number of halogens is 1. The molecule has 0 heterocycles. The molecule has 22 heavy (non-hydrogen) atoms. The van der Waals surface area contributed by atoms with Crippen molar-refractivity contribution in [1.29, 1.82) is 0 Å². The van der Waals surface area contributed by atoms with Crippen LogP contribution in [0, 0.1) is 0 Å². The molecule has 126 valence electrons. The number of nitrogens with two attached hydrogens (primary N) is 1. The van der Waals surface area contributed by atoms with Crippen LogP contribution in [0.5, 0.6) is 0 Å². The topological polar surface area (TPSA) is 101 Å². The summed E-state index contributed by atoms with van der Waals surface area (Å²) < 4.78 is 26.4. The molecule has 1 aromatic rings. The molecule has 8 heteroatoms. The van der Waals surface area contributed by atoms with Gasteiger partial charge in [0.1, 0.15) is 0 Å². The van der Waals surface area contributed by atoms with Crippen LogP contribution in [0.25, 0.3) is 0 Å². The smallest absolute Gasteiger partial charge is 0.251 e. The second-order valence-electron chi connectivity index (χ2n) is 5.32. The Morgan fingerprint density at radius 3 is 2.18 bits per heavy atom. The zero-order valence-corrected chi connectivity index (χ0v) is 14.6. The number of hydrogen-bond acceptors (Lipinski definition) is 4. The predicted octanol–water partition coefficient (Wildman–Crippen LogP) is 1.26. The van der Waals surface area contributed by atoms with E-state index >= 15 is 0 Å². The van der Waals surface area contributed by atoms with Gasteiger partial charge in [-0.1, -0.05) is 0 Å². The van der Waals surface area contributed by atoms with Crippen LogP contribution in [0.15, 0.2) is 29.2 Å². The monoisotopic (exact) mass is 349 g/mol. The van der Waals surface area contributed by atoms with Crippen molar-refractivity contribution in [2.75, 3.05) is 6.54 Å². The second-order valence-corrected chi connectivity index (χ2v) is 7.04. The second kappa shape index (κ2) is 9.09. The Morgan fingerprint density at radius 2 is 1.73 bits per heavy atom. The molecule has 0 saturated heterocycles. The predicted molar refractivity (Wildman–Crippen MR) is 89.7 cm³/mol. The lowest BCUT2D eigenvalue weighted by Gasteiger charge is -2.10. The summed E-state index contributed by atoms with van der Waals surface area (Å²) in [5.41, 5.74) is 6.02. The number of nitrogens with one attached hydrogen (secondary N) is 2. The van der Waals surface area contributed by atoms with Gasteiger partial charge in [0, 0.05) is 24.2 Å². The minimum Gasteiger partial charge on any atom is -0.352 e. The highest BCUT2D eigenvalue weighted by atomic mass is 35.5. The molecule has 0 spiro atoms. The Bertz CT molecular complexity index is 572. The summed E-state index contributed by atoms with van der Waals surface area (Å²) in [5, 5.41) is 2.74. The molecule has 0 aliphatic carbocycles. The number of sulfonamides is 1. The van der Waals surface area contributed by atoms with Crippen LogP contribution in [-0.4, -0.2) is 33.0 Å². The van der Waals surface area contributed by atoms with Crippen molar-refractivity contribution in [2.45, 2.75) is 44.2 Å². The average molecular weight is 350 g/mol. The van der Waals surface area contributed by atoms with Crippen molar-refractivity contribution < 1.29 is 13.2 Å². The Balaban J connectivity index is 0.00000441. The molecule has 0 fully saturated rings. The van der Waals surface area contributed by atoms with Crippen molar-refractivity contribution in [2.24, 2.45) is 5.73 Å². The van der Waals surface area contributed by atoms with E-state index in [4.69, 9.17) is 5.73 Å². The molecule has 0 aliphatic heterocycles. The first kappa shape index (κ1) is 20.9. The van der Waals surface area contributed by atoms with E-state index in [2.05, 4.69) is 10.0 Å². The van der Waals surface area contributed by atoms with Crippen LogP contribution >= 0.6 is 12.4 Å². The summed E-state index contributed by atoms with van der Waals surface area (Å²) in [4.78, 5) is 12.0. The van der Waals surface area contributed by atoms with Crippen LogP contribution in [-0.2, 0) is 10.0 Å². The van der Waals surface area contributed by atoms with Crippen molar-refractivity contribution in [3.05, 3.63) is 29.8 Å². The van der Waals surface area contributed by atoms with Crippen LogP contribution in [0.2, 0.25) is 0 Å². The molecule has 1 unspecified atom stereocenters. The first-order valence-electron chi connectivity index (χ1n) is 6.88. The van der Waals surface area contributed by atoms with Gasteiger partial charge in [0.2, 0.25) is 10.0 Å². The minimum absolute atomic E-state index is 0. The summed E-state index contributed by atoms with van der Waals surface area (Å²) in [6.45, 7) is 5.86. The SMILES string of the molecule is CC(N)CCNC(=O)c1ccc(S(=O)(=O)NC(C)C)cc1.Cl. The van der Waals surface area contributed by atoms with Gasteiger partial charge in [0.15, 0.2) is 0 Å². The van der Waals surface area contributed by atoms with E-state index in [1.165, 1.54) is 24.3 Å². The number of rotatable bonds is 7. The van der Waals surface area contributed by atoms with E-state index < -0.39 is 10.0 Å². The maximum absolute atomic E-state index is 11.9. The van der Waals surface area contributed by atoms with Gasteiger partial charge in [0.25, 0.3) is 5.91 Å². The molecule has 0 aliphatic rings. The number of carbonyl (C=O) groups excluding carboxylic acids is 1. The molecule has 1 aromatic carbocycles. The highest BCUT2D eigenvalue weighted by molar-refractivity contribution is 7.89. The van der Waals surface area contributed by atoms with Crippen LogP contribution in [0.4, 0.5) is 0 Å². The first-order chi connectivity index (χ1) is 9.72. The lowest BCUT2D eigenvalue weighted by atomic mass is 10.2. The van der Waals surface area contributed by atoms with E-state index in [0.29, 0.717) is 18.5 Å². The Morgan fingerprint density at radius 1 is 1.18 bits per heavy atom. The van der Waals surface area contributed by atoms with Gasteiger partial charge < -0.3 is 11.1 Å². The van der Waals surface area contributed by atoms with Gasteiger partial charge >= 0.3 is 0 Å². The van der Waals surface area contributed by atoms with E-state index in [0.717, 1.165) is 0 Å². The van der Waals surface area contributed by atoms with Gasteiger partial charge in [-0.15, -0.1) is 12.4 Å². The van der Waals surface area contributed by atoms with Crippen molar-refractivity contribution in [1.82, 2.24) is 10.0 Å². The van der Waals surface area contributed by atoms with Crippen LogP contribution in [0.1, 0.15) is 37.6 Å². The highest BCUT2D eigenvalue weighted by Gasteiger charge is 2.15. The van der Waals surface area contributed by atoms with Gasteiger partial charge in [-0.2, -0.15) is 0 Å². The maximum Gasteiger partial charge on any atom is 0.251 e. The molecule has 0 bridgehead atoms. The zero-order valence-electron chi connectivity index (χ0n) is 13.0. The average Bonchev–Trinajstić information content (AvgIpc) is 2.37. The van der Waals surface area contributed by atoms with Crippen LogP contribution < -0.4 is 15.8 Å². The van der Waals surface area contributed by atoms with E-state index in [1.54, 1.807) is 13.8 Å². The largest absolute Gasteiger partial charge is 0.352 e. The third kappa shape index (κ3) is 6.74. The van der Waals surface area contributed by atoms with Crippen molar-refractivity contribution >= 4 is 28.3 Å². The van der Waals surface area contributed by atoms with Gasteiger partial charge in [-0.25, -0.2) is 13.1 Å². The molecule has 1 rings (SSSR count). The van der Waals surface area contributed by atoms with Crippen molar-refractivity contribution in [3.63, 3.8) is 0 Å².